The van der Waals surface area contributed by atoms with Gasteiger partial charge in [-0.05, 0) is 68.4 Å². The van der Waals surface area contributed by atoms with Gasteiger partial charge in [0.15, 0.2) is 23.8 Å². The maximum atomic E-state index is 14.1. The van der Waals surface area contributed by atoms with Crippen LogP contribution in [0.3, 0.4) is 0 Å². The molecule has 5 atom stereocenters. The summed E-state index contributed by atoms with van der Waals surface area (Å²) in [5.41, 5.74) is 1.51. The lowest BCUT2D eigenvalue weighted by atomic mass is 9.93. The van der Waals surface area contributed by atoms with Gasteiger partial charge in [0.1, 0.15) is 43.4 Å². The van der Waals surface area contributed by atoms with E-state index in [-0.39, 0.29) is 65.5 Å². The molecule has 5 N–H and O–H groups in total. The number of phenols is 1. The number of benzene rings is 3. The maximum absolute atomic E-state index is 14.1. The van der Waals surface area contributed by atoms with Crippen LogP contribution in [0.2, 0.25) is 0 Å². The number of esters is 1. The second kappa shape index (κ2) is 22.1. The molecule has 4 amide bonds. The van der Waals surface area contributed by atoms with E-state index < -0.39 is 53.5 Å². The lowest BCUT2D eigenvalue weighted by Crippen LogP contribution is -2.60. The Bertz CT molecular complexity index is 2050. The average molecular weight is 871 g/mol. The Hall–Kier alpha value is -5.64. The molecule has 63 heavy (non-hydrogen) atoms. The van der Waals surface area contributed by atoms with Crippen molar-refractivity contribution in [1.29, 1.82) is 0 Å². The van der Waals surface area contributed by atoms with Crippen molar-refractivity contribution in [2.24, 2.45) is 11.8 Å². The van der Waals surface area contributed by atoms with Crippen molar-refractivity contribution < 1.29 is 52.6 Å². The first kappa shape index (κ1) is 48.4. The number of aryl methyl sites for hydroxylation is 1. The molecule has 2 aliphatic rings. The van der Waals surface area contributed by atoms with Gasteiger partial charge in [0.2, 0.25) is 17.7 Å². The quantitative estimate of drug-likeness (QED) is 0.0431. The van der Waals surface area contributed by atoms with Crippen LogP contribution in [0.5, 0.6) is 11.5 Å². The van der Waals surface area contributed by atoms with E-state index >= 15 is 0 Å². The molecule has 0 aromatic heterocycles. The lowest BCUT2D eigenvalue weighted by molar-refractivity contribution is -0.940. The number of hydrogen-bond acceptors (Lipinski definition) is 10. The summed E-state index contributed by atoms with van der Waals surface area (Å²) in [6.07, 6.45) is 1.21. The zero-order valence-electron chi connectivity index (χ0n) is 37.3. The first-order valence-electron chi connectivity index (χ1n) is 21.9. The number of ketones is 1. The Kier molecular flexibility index (Phi) is 17.0. The molecule has 0 unspecified atom stereocenters. The third kappa shape index (κ3) is 14.4. The van der Waals surface area contributed by atoms with Crippen molar-refractivity contribution in [2.75, 3.05) is 39.5 Å². The second-order valence-electron chi connectivity index (χ2n) is 17.8. The van der Waals surface area contributed by atoms with E-state index in [1.807, 2.05) is 74.5 Å². The fourth-order valence-electron chi connectivity index (χ4n) is 7.56. The molecule has 15 nitrogen and oxygen atoms in total. The van der Waals surface area contributed by atoms with Gasteiger partial charge >= 0.3 is 5.97 Å². The highest BCUT2D eigenvalue weighted by Crippen LogP contribution is 2.31. The van der Waals surface area contributed by atoms with E-state index in [1.165, 1.54) is 19.1 Å². The largest absolute Gasteiger partial charge is 0.504 e. The summed E-state index contributed by atoms with van der Waals surface area (Å²) in [5.74, 6) is -3.24. The smallest absolute Gasteiger partial charge is 0.313 e. The number of hydrogen-bond donors (Lipinski definition) is 5. The van der Waals surface area contributed by atoms with Gasteiger partial charge in [0, 0.05) is 12.0 Å². The summed E-state index contributed by atoms with van der Waals surface area (Å²) < 4.78 is 16.7. The third-order valence-corrected chi connectivity index (χ3v) is 11.4. The number of epoxide rings is 1. The Balaban J connectivity index is 1.29. The Morgan fingerprint density at radius 2 is 1.35 bits per heavy atom. The van der Waals surface area contributed by atoms with Crippen LogP contribution < -0.4 is 26.0 Å². The first-order chi connectivity index (χ1) is 30.0. The topological polar surface area (TPSA) is 202 Å². The number of morpholine rings is 1. The SMILES string of the molecule is CC(C)C[C@H](NC(=O)[C@H](Cc1ccccc1)NC(=O)[C@H](C)NC(=O)[C@H](CCc1ccccc1)NC(=O)C[N+]1(Cc2ccc(OC(=O)C(C)C)c(O)c2)CCOCC1)C(=O)[C@@]1(C)CO1. The van der Waals surface area contributed by atoms with E-state index in [4.69, 9.17) is 14.2 Å². The number of ether oxygens (including phenoxy) is 3. The zero-order valence-corrected chi connectivity index (χ0v) is 37.3. The maximum Gasteiger partial charge on any atom is 0.313 e. The second-order valence-corrected chi connectivity index (χ2v) is 17.8. The fourth-order valence-corrected chi connectivity index (χ4v) is 7.56. The molecule has 0 bridgehead atoms. The summed E-state index contributed by atoms with van der Waals surface area (Å²) >= 11 is 0. The number of phenolic OH excluding ortho intramolecular Hbond substituents is 1. The zero-order chi connectivity index (χ0) is 45.7. The number of nitrogens with zero attached hydrogens (tertiary/aromatic N) is 1. The highest BCUT2D eigenvalue weighted by atomic mass is 16.6. The van der Waals surface area contributed by atoms with Crippen LogP contribution >= 0.6 is 0 Å². The molecular formula is C48H64N5O10+. The number of carbonyl (C=O) groups is 6. The van der Waals surface area contributed by atoms with Gasteiger partial charge < -0.3 is 45.1 Å². The summed E-state index contributed by atoms with van der Waals surface area (Å²) in [6.45, 7) is 12.9. The van der Waals surface area contributed by atoms with E-state index in [1.54, 1.807) is 26.8 Å². The van der Waals surface area contributed by atoms with Crippen molar-refractivity contribution in [3.8, 4) is 11.5 Å². The van der Waals surface area contributed by atoms with Crippen molar-refractivity contribution >= 4 is 35.4 Å². The van der Waals surface area contributed by atoms with E-state index in [0.29, 0.717) is 45.7 Å². The van der Waals surface area contributed by atoms with Gasteiger partial charge in [-0.15, -0.1) is 0 Å². The minimum atomic E-state index is -1.11. The Morgan fingerprint density at radius 1 is 0.746 bits per heavy atom. The molecule has 0 saturated carbocycles. The molecule has 340 valence electrons. The lowest BCUT2D eigenvalue weighted by Gasteiger charge is -2.41. The van der Waals surface area contributed by atoms with Crippen LogP contribution in [-0.4, -0.2) is 114 Å². The van der Waals surface area contributed by atoms with Crippen LogP contribution in [-0.2, 0) is 57.6 Å². The standard InChI is InChI=1S/C48H63N5O10/c1-31(2)25-38(43(56)48(6)30-62-48)51-46(59)39(26-35-15-11-8-12-16-35)52-44(57)33(5)49-45(58)37(19-17-34-13-9-7-10-14-34)50-42(55)29-53(21-23-61-24-22-53)28-36-18-20-41(40(54)27-36)63-47(60)32(3)4/h7-16,18,20,27,31-33,37-39H,17,19,21-26,28-30H2,1-6H3,(H4-,49,50,51,52,54,55,57,58,59)/p+1/t33-,37-,38-,39-,48+/m0/s1. The number of amides is 4. The predicted octanol–water partition coefficient (Wildman–Crippen LogP) is 3.54. The van der Waals surface area contributed by atoms with Gasteiger partial charge in [-0.2, -0.15) is 0 Å². The Morgan fingerprint density at radius 3 is 1.94 bits per heavy atom. The molecule has 3 aromatic rings. The minimum absolute atomic E-state index is 0.00122. The molecule has 5 rings (SSSR count). The average Bonchev–Trinajstić information content (AvgIpc) is 4.01. The molecule has 2 saturated heterocycles. The van der Waals surface area contributed by atoms with Gasteiger partial charge in [-0.25, -0.2) is 0 Å². The van der Waals surface area contributed by atoms with Crippen molar-refractivity contribution in [3.63, 3.8) is 0 Å². The molecule has 2 fully saturated rings. The summed E-state index contributed by atoms with van der Waals surface area (Å²) in [5, 5.41) is 22.1. The van der Waals surface area contributed by atoms with Crippen molar-refractivity contribution in [1.82, 2.24) is 21.3 Å². The third-order valence-electron chi connectivity index (χ3n) is 11.4. The summed E-state index contributed by atoms with van der Waals surface area (Å²) in [6, 6.07) is 19.5. The van der Waals surface area contributed by atoms with Crippen LogP contribution in [0, 0.1) is 11.8 Å². The molecule has 0 spiro atoms. The minimum Gasteiger partial charge on any atom is -0.504 e. The number of aromatic hydroxyl groups is 1. The predicted molar refractivity (Wildman–Crippen MR) is 235 cm³/mol. The van der Waals surface area contributed by atoms with Crippen LogP contribution in [0.4, 0.5) is 0 Å². The van der Waals surface area contributed by atoms with Crippen molar-refractivity contribution in [3.05, 3.63) is 95.6 Å². The van der Waals surface area contributed by atoms with Crippen LogP contribution in [0.1, 0.15) is 71.1 Å². The molecule has 3 aromatic carbocycles. The van der Waals surface area contributed by atoms with Gasteiger partial charge in [0.05, 0.1) is 31.8 Å². The van der Waals surface area contributed by atoms with E-state index in [0.717, 1.165) is 16.7 Å². The number of quaternary nitrogens is 1. The first-order valence-corrected chi connectivity index (χ1v) is 21.9. The monoisotopic (exact) mass is 870 g/mol. The summed E-state index contributed by atoms with van der Waals surface area (Å²) in [4.78, 5) is 81.4. The molecule has 0 aliphatic carbocycles. The van der Waals surface area contributed by atoms with E-state index in [9.17, 15) is 33.9 Å². The summed E-state index contributed by atoms with van der Waals surface area (Å²) in [7, 11) is 0. The van der Waals surface area contributed by atoms with Crippen LogP contribution in [0.25, 0.3) is 0 Å². The normalized spacial score (nSPS) is 18.6. The highest BCUT2D eigenvalue weighted by Gasteiger charge is 2.50. The highest BCUT2D eigenvalue weighted by molar-refractivity contribution is 5.98. The number of rotatable bonds is 22. The molecule has 0 radical (unpaired) electrons. The number of nitrogens with one attached hydrogen (secondary N) is 4. The Labute approximate surface area is 370 Å². The molecule has 2 aliphatic heterocycles. The molecular weight excluding hydrogens is 807 g/mol. The van der Waals surface area contributed by atoms with Gasteiger partial charge in [0.25, 0.3) is 5.91 Å². The van der Waals surface area contributed by atoms with Gasteiger partial charge in [-0.3, -0.25) is 28.8 Å². The van der Waals surface area contributed by atoms with Crippen LogP contribution in [0.15, 0.2) is 78.9 Å². The van der Waals surface area contributed by atoms with Crippen molar-refractivity contribution in [2.45, 2.75) is 104 Å². The fraction of sp³-hybridized carbons (Fsp3) is 0.500. The molecule has 2 heterocycles. The van der Waals surface area contributed by atoms with E-state index in [2.05, 4.69) is 21.3 Å². The molecule has 15 heteroatoms. The number of Topliss-reactive ketones (excluding diaryl/α,β-unsaturated/α-hetero) is 1. The number of carbonyl (C=O) groups excluding carboxylic acids is 6. The van der Waals surface area contributed by atoms with Gasteiger partial charge in [-0.1, -0.05) is 88.4 Å².